The minimum Gasteiger partial charge on any atom is -0.507 e. The molecule has 134 valence electrons. The molecule has 0 heterocycles. The van der Waals surface area contributed by atoms with E-state index in [9.17, 15) is 15.0 Å². The number of aromatic carboxylic acids is 1. The molecule has 1 atom stereocenters. The molecule has 0 spiro atoms. The maximum absolute atomic E-state index is 11.4. The minimum atomic E-state index is -1.14. The topological polar surface area (TPSA) is 66.8 Å². The lowest BCUT2D eigenvalue weighted by atomic mass is 9.90. The minimum absolute atomic E-state index is 0.101. The fourth-order valence-corrected chi connectivity index (χ4v) is 2.93. The smallest absolute Gasteiger partial charge is 0.339 e. The maximum Gasteiger partial charge on any atom is 0.339 e. The lowest BCUT2D eigenvalue weighted by Gasteiger charge is -2.20. The van der Waals surface area contributed by atoms with Crippen LogP contribution in [0.15, 0.2) is 42.5 Å². The Bertz CT molecular complexity index is 695. The number of hydrogen-bond acceptors (Lipinski definition) is 3. The van der Waals surface area contributed by atoms with E-state index in [2.05, 4.69) is 6.92 Å². The third-order valence-electron chi connectivity index (χ3n) is 4.40. The molecule has 0 amide bonds. The van der Waals surface area contributed by atoms with Crippen molar-refractivity contribution >= 4 is 5.97 Å². The van der Waals surface area contributed by atoms with Gasteiger partial charge in [0, 0.05) is 11.5 Å². The standard InChI is InChI=1S/C21H26O4/c1-3-4-5-9-14-25-18-13-12-17(21(23)24)20(22)19(18)15(2)16-10-7-6-8-11-16/h6-8,10-13,15,22H,3-5,9,14H2,1-2H3,(H,23,24). The highest BCUT2D eigenvalue weighted by molar-refractivity contribution is 5.92. The molecule has 4 heteroatoms. The lowest BCUT2D eigenvalue weighted by Crippen LogP contribution is -2.07. The van der Waals surface area contributed by atoms with Gasteiger partial charge in [-0.25, -0.2) is 4.79 Å². The van der Waals surface area contributed by atoms with Gasteiger partial charge in [-0.3, -0.25) is 0 Å². The third kappa shape index (κ3) is 4.75. The molecule has 0 radical (unpaired) electrons. The number of ether oxygens (including phenoxy) is 1. The highest BCUT2D eigenvalue weighted by Crippen LogP contribution is 2.40. The van der Waals surface area contributed by atoms with Crippen LogP contribution < -0.4 is 4.74 Å². The van der Waals surface area contributed by atoms with Gasteiger partial charge < -0.3 is 14.9 Å². The van der Waals surface area contributed by atoms with Crippen molar-refractivity contribution in [1.29, 1.82) is 0 Å². The van der Waals surface area contributed by atoms with Crippen molar-refractivity contribution in [3.8, 4) is 11.5 Å². The second-order valence-corrected chi connectivity index (χ2v) is 6.22. The molecular weight excluding hydrogens is 316 g/mol. The van der Waals surface area contributed by atoms with Crippen LogP contribution in [0.3, 0.4) is 0 Å². The van der Waals surface area contributed by atoms with Crippen molar-refractivity contribution in [1.82, 2.24) is 0 Å². The molecule has 0 aliphatic carbocycles. The van der Waals surface area contributed by atoms with E-state index in [1.165, 1.54) is 12.5 Å². The molecule has 1 unspecified atom stereocenters. The van der Waals surface area contributed by atoms with Gasteiger partial charge >= 0.3 is 5.97 Å². The van der Waals surface area contributed by atoms with Crippen molar-refractivity contribution < 1.29 is 19.7 Å². The fourth-order valence-electron chi connectivity index (χ4n) is 2.93. The van der Waals surface area contributed by atoms with Crippen LogP contribution >= 0.6 is 0 Å². The number of carboxylic acids is 1. The molecule has 0 aromatic heterocycles. The molecule has 2 aromatic carbocycles. The van der Waals surface area contributed by atoms with Gasteiger partial charge in [0.15, 0.2) is 0 Å². The van der Waals surface area contributed by atoms with Gasteiger partial charge in [0.2, 0.25) is 0 Å². The van der Waals surface area contributed by atoms with E-state index in [-0.39, 0.29) is 17.2 Å². The Hall–Kier alpha value is -2.49. The summed E-state index contributed by atoms with van der Waals surface area (Å²) < 4.78 is 5.89. The van der Waals surface area contributed by atoms with Crippen LogP contribution in [-0.2, 0) is 0 Å². The summed E-state index contributed by atoms with van der Waals surface area (Å²) in [5.41, 5.74) is 1.42. The largest absolute Gasteiger partial charge is 0.507 e. The molecule has 2 aromatic rings. The number of hydrogen-bond donors (Lipinski definition) is 2. The summed E-state index contributed by atoms with van der Waals surface area (Å²) in [5, 5.41) is 19.9. The highest BCUT2D eigenvalue weighted by atomic mass is 16.5. The molecule has 0 fully saturated rings. The highest BCUT2D eigenvalue weighted by Gasteiger charge is 2.23. The van der Waals surface area contributed by atoms with Gasteiger partial charge in [-0.05, 0) is 24.1 Å². The molecule has 2 rings (SSSR count). The van der Waals surface area contributed by atoms with Crippen LogP contribution in [0, 0.1) is 0 Å². The van der Waals surface area contributed by atoms with Gasteiger partial charge in [0.1, 0.15) is 17.1 Å². The zero-order chi connectivity index (χ0) is 18.2. The van der Waals surface area contributed by atoms with Crippen LogP contribution in [0.25, 0.3) is 0 Å². The Balaban J connectivity index is 2.32. The molecule has 0 aliphatic rings. The molecular formula is C21H26O4. The van der Waals surface area contributed by atoms with E-state index in [1.54, 1.807) is 6.07 Å². The summed E-state index contributed by atoms with van der Waals surface area (Å²) in [5.74, 6) is -0.982. The Labute approximate surface area is 149 Å². The van der Waals surface area contributed by atoms with Gasteiger partial charge in [-0.2, -0.15) is 0 Å². The van der Waals surface area contributed by atoms with E-state index in [4.69, 9.17) is 4.74 Å². The Morgan fingerprint density at radius 2 is 1.80 bits per heavy atom. The van der Waals surface area contributed by atoms with Crippen LogP contribution in [0.2, 0.25) is 0 Å². The second kappa shape index (κ2) is 9.11. The fraction of sp³-hybridized carbons (Fsp3) is 0.381. The summed E-state index contributed by atoms with van der Waals surface area (Å²) in [4.78, 5) is 11.4. The van der Waals surface area contributed by atoms with Crippen LogP contribution in [-0.4, -0.2) is 22.8 Å². The molecule has 25 heavy (non-hydrogen) atoms. The van der Waals surface area contributed by atoms with Crippen molar-refractivity contribution in [2.24, 2.45) is 0 Å². The molecule has 0 saturated carbocycles. The van der Waals surface area contributed by atoms with Crippen molar-refractivity contribution in [3.63, 3.8) is 0 Å². The first-order valence-electron chi connectivity index (χ1n) is 8.83. The zero-order valence-electron chi connectivity index (χ0n) is 14.9. The van der Waals surface area contributed by atoms with Crippen LogP contribution in [0.1, 0.15) is 66.9 Å². The van der Waals surface area contributed by atoms with E-state index in [1.807, 2.05) is 37.3 Å². The number of benzene rings is 2. The number of rotatable bonds is 9. The Kier molecular flexibility index (Phi) is 6.87. The normalized spacial score (nSPS) is 11.9. The first-order valence-corrected chi connectivity index (χ1v) is 8.83. The van der Waals surface area contributed by atoms with Crippen molar-refractivity contribution in [2.45, 2.75) is 45.4 Å². The van der Waals surface area contributed by atoms with Crippen molar-refractivity contribution in [3.05, 3.63) is 59.2 Å². The lowest BCUT2D eigenvalue weighted by molar-refractivity contribution is 0.0693. The maximum atomic E-state index is 11.4. The summed E-state index contributed by atoms with van der Waals surface area (Å²) >= 11 is 0. The first-order chi connectivity index (χ1) is 12.1. The summed E-state index contributed by atoms with van der Waals surface area (Å²) in [6, 6.07) is 12.8. The summed E-state index contributed by atoms with van der Waals surface area (Å²) in [7, 11) is 0. The molecule has 4 nitrogen and oxygen atoms in total. The summed E-state index contributed by atoms with van der Waals surface area (Å²) in [6.45, 7) is 4.66. The molecule has 2 N–H and O–H groups in total. The summed E-state index contributed by atoms with van der Waals surface area (Å²) in [6.07, 6.45) is 4.36. The average Bonchev–Trinajstić information content (AvgIpc) is 2.61. The van der Waals surface area contributed by atoms with Gasteiger partial charge in [-0.15, -0.1) is 0 Å². The first kappa shape index (κ1) is 18.8. The predicted molar refractivity (Wildman–Crippen MR) is 98.7 cm³/mol. The number of carbonyl (C=O) groups is 1. The Morgan fingerprint density at radius 3 is 2.44 bits per heavy atom. The Morgan fingerprint density at radius 1 is 1.08 bits per heavy atom. The monoisotopic (exact) mass is 342 g/mol. The average molecular weight is 342 g/mol. The van der Waals surface area contributed by atoms with E-state index < -0.39 is 5.97 Å². The number of aromatic hydroxyl groups is 1. The zero-order valence-corrected chi connectivity index (χ0v) is 14.9. The second-order valence-electron chi connectivity index (χ2n) is 6.22. The quantitative estimate of drug-likeness (QED) is 0.615. The predicted octanol–water partition coefficient (Wildman–Crippen LogP) is 5.20. The van der Waals surface area contributed by atoms with Crippen molar-refractivity contribution in [2.75, 3.05) is 6.61 Å². The third-order valence-corrected chi connectivity index (χ3v) is 4.40. The van der Waals surface area contributed by atoms with Gasteiger partial charge in [0.05, 0.1) is 6.61 Å². The van der Waals surface area contributed by atoms with Gasteiger partial charge in [0.25, 0.3) is 0 Å². The number of phenols is 1. The SMILES string of the molecule is CCCCCCOc1ccc(C(=O)O)c(O)c1C(C)c1ccccc1. The number of carboxylic acid groups (broad SMARTS) is 1. The number of unbranched alkanes of at least 4 members (excludes halogenated alkanes) is 3. The van der Waals surface area contributed by atoms with E-state index in [0.717, 1.165) is 24.8 Å². The molecule has 0 aliphatic heterocycles. The van der Waals surface area contributed by atoms with E-state index >= 15 is 0 Å². The van der Waals surface area contributed by atoms with Gasteiger partial charge in [-0.1, -0.05) is 63.4 Å². The molecule has 0 bridgehead atoms. The van der Waals surface area contributed by atoms with Crippen LogP contribution in [0.5, 0.6) is 11.5 Å². The van der Waals surface area contributed by atoms with E-state index in [0.29, 0.717) is 17.9 Å². The van der Waals surface area contributed by atoms with Crippen LogP contribution in [0.4, 0.5) is 0 Å². The molecule has 0 saturated heterocycles.